The van der Waals surface area contributed by atoms with Crippen molar-refractivity contribution in [3.05, 3.63) is 24.3 Å². The number of rotatable bonds is 24. The predicted octanol–water partition coefficient (Wildman–Crippen LogP) is 5.50. The van der Waals surface area contributed by atoms with Gasteiger partial charge in [-0.3, -0.25) is 9.59 Å². The molecule has 0 aromatic heterocycles. The van der Waals surface area contributed by atoms with E-state index in [1.807, 2.05) is 38.1 Å². The maximum atomic E-state index is 11.3. The summed E-state index contributed by atoms with van der Waals surface area (Å²) in [5.41, 5.74) is 0. The maximum absolute atomic E-state index is 11.3. The third-order valence-electron chi connectivity index (χ3n) is 5.14. The van der Waals surface area contributed by atoms with Gasteiger partial charge in [-0.15, -0.1) is 0 Å². The average Bonchev–Trinajstić information content (AvgIpc) is 2.87. The Morgan fingerprint density at radius 1 is 0.583 bits per heavy atom. The van der Waals surface area contributed by atoms with Crippen LogP contribution in [0, 0.1) is 0 Å². The first kappa shape index (κ1) is 31.7. The van der Waals surface area contributed by atoms with E-state index in [0.717, 1.165) is 62.9 Å². The van der Waals surface area contributed by atoms with E-state index < -0.39 is 0 Å². The van der Waals surface area contributed by atoms with Crippen LogP contribution in [0.25, 0.3) is 0 Å². The molecule has 1 rings (SSSR count). The van der Waals surface area contributed by atoms with Crippen molar-refractivity contribution in [2.45, 2.75) is 78.1 Å². The number of ether oxygens (including phenoxy) is 6. The van der Waals surface area contributed by atoms with Crippen LogP contribution in [0.2, 0.25) is 0 Å². The molecule has 1 aromatic rings. The number of hydrogen-bond acceptors (Lipinski definition) is 8. The minimum atomic E-state index is -0.185. The first-order valence-electron chi connectivity index (χ1n) is 13.5. The summed E-state index contributed by atoms with van der Waals surface area (Å²) >= 11 is 0. The summed E-state index contributed by atoms with van der Waals surface area (Å²) in [6.45, 7) is 7.60. The third-order valence-corrected chi connectivity index (χ3v) is 5.14. The highest BCUT2D eigenvalue weighted by Crippen LogP contribution is 2.20. The Kier molecular flexibility index (Phi) is 20.3. The highest BCUT2D eigenvalue weighted by molar-refractivity contribution is 5.69. The van der Waals surface area contributed by atoms with Crippen LogP contribution < -0.4 is 9.47 Å². The Hall–Kier alpha value is -2.32. The zero-order valence-corrected chi connectivity index (χ0v) is 22.3. The topological polar surface area (TPSA) is 89.5 Å². The third kappa shape index (κ3) is 18.9. The van der Waals surface area contributed by atoms with E-state index in [9.17, 15) is 9.59 Å². The summed E-state index contributed by atoms with van der Waals surface area (Å²) in [4.78, 5) is 22.5. The number of unbranched alkanes of at least 4 members (excludes halogenated alkanes) is 5. The van der Waals surface area contributed by atoms with Crippen LogP contribution in [-0.4, -0.2) is 64.8 Å². The Balaban J connectivity index is 1.95. The van der Waals surface area contributed by atoms with Gasteiger partial charge in [0.05, 0.1) is 39.6 Å². The van der Waals surface area contributed by atoms with E-state index in [4.69, 9.17) is 28.4 Å². The van der Waals surface area contributed by atoms with Crippen LogP contribution in [-0.2, 0) is 28.5 Å². The van der Waals surface area contributed by atoms with Gasteiger partial charge in [-0.05, 0) is 37.8 Å². The van der Waals surface area contributed by atoms with Crippen LogP contribution in [0.5, 0.6) is 11.5 Å². The zero-order valence-electron chi connectivity index (χ0n) is 22.3. The molecule has 0 saturated carbocycles. The monoisotopic (exact) mass is 510 g/mol. The Morgan fingerprint density at radius 3 is 1.67 bits per heavy atom. The van der Waals surface area contributed by atoms with E-state index in [0.29, 0.717) is 59.1 Å². The van der Waals surface area contributed by atoms with Gasteiger partial charge in [0.1, 0.15) is 24.7 Å². The van der Waals surface area contributed by atoms with Crippen LogP contribution in [0.3, 0.4) is 0 Å². The second kappa shape index (κ2) is 23.1. The molecule has 0 saturated heterocycles. The molecule has 0 amide bonds. The minimum Gasteiger partial charge on any atom is -0.493 e. The summed E-state index contributed by atoms with van der Waals surface area (Å²) in [6.07, 6.45) is 9.06. The van der Waals surface area contributed by atoms with Gasteiger partial charge in [-0.2, -0.15) is 0 Å². The zero-order chi connectivity index (χ0) is 26.1. The van der Waals surface area contributed by atoms with Gasteiger partial charge in [0.2, 0.25) is 0 Å². The van der Waals surface area contributed by atoms with Crippen molar-refractivity contribution >= 4 is 11.9 Å². The summed E-state index contributed by atoms with van der Waals surface area (Å²) in [5, 5.41) is 0. The minimum absolute atomic E-state index is 0.0842. The molecule has 8 heteroatoms. The molecule has 0 aliphatic carbocycles. The quantitative estimate of drug-likeness (QED) is 0.133. The maximum Gasteiger partial charge on any atom is 0.305 e. The summed E-state index contributed by atoms with van der Waals surface area (Å²) in [7, 11) is 0. The molecule has 36 heavy (non-hydrogen) atoms. The molecule has 8 nitrogen and oxygen atoms in total. The lowest BCUT2D eigenvalue weighted by Gasteiger charge is -2.10. The number of esters is 2. The predicted molar refractivity (Wildman–Crippen MR) is 139 cm³/mol. The summed E-state index contributed by atoms with van der Waals surface area (Å²) < 4.78 is 32.6. The smallest absolute Gasteiger partial charge is 0.305 e. The SMILES string of the molecule is CCCC(=O)OCCCCCCCCOc1cccc(OCCOCCOCCOC(=O)CCC)c1. The number of hydrogen-bond donors (Lipinski definition) is 0. The molecule has 0 aliphatic rings. The molecule has 0 bridgehead atoms. The van der Waals surface area contributed by atoms with Crippen molar-refractivity contribution in [3.8, 4) is 11.5 Å². The summed E-state index contributed by atoms with van der Waals surface area (Å²) in [6, 6.07) is 7.64. The van der Waals surface area contributed by atoms with Crippen molar-refractivity contribution in [1.29, 1.82) is 0 Å². The second-order valence-corrected chi connectivity index (χ2v) is 8.46. The van der Waals surface area contributed by atoms with Crippen molar-refractivity contribution in [2.75, 3.05) is 52.9 Å². The molecule has 0 spiro atoms. The number of benzene rings is 1. The van der Waals surface area contributed by atoms with E-state index in [1.54, 1.807) is 0 Å². The number of carbonyl (C=O) groups is 2. The standard InChI is InChI=1S/C28H46O8/c1-3-12-27(29)35-17-10-8-6-5-7-9-16-33-25-14-11-15-26(24-25)34-22-20-31-18-19-32-21-23-36-28(30)13-4-2/h11,14-15,24H,3-10,12-13,16-23H2,1-2H3. The van der Waals surface area contributed by atoms with Crippen molar-refractivity contribution in [1.82, 2.24) is 0 Å². The second-order valence-electron chi connectivity index (χ2n) is 8.46. The van der Waals surface area contributed by atoms with Crippen molar-refractivity contribution in [2.24, 2.45) is 0 Å². The van der Waals surface area contributed by atoms with Gasteiger partial charge in [0.25, 0.3) is 0 Å². The molecular formula is C28H46O8. The van der Waals surface area contributed by atoms with Crippen LogP contribution in [0.15, 0.2) is 24.3 Å². The molecule has 1 aromatic carbocycles. The van der Waals surface area contributed by atoms with Gasteiger partial charge in [0, 0.05) is 18.9 Å². The van der Waals surface area contributed by atoms with Gasteiger partial charge in [0.15, 0.2) is 0 Å². The molecule has 0 N–H and O–H groups in total. The Bertz CT molecular complexity index is 626. The largest absolute Gasteiger partial charge is 0.493 e. The highest BCUT2D eigenvalue weighted by atomic mass is 16.6. The van der Waals surface area contributed by atoms with Gasteiger partial charge >= 0.3 is 11.9 Å². The highest BCUT2D eigenvalue weighted by Gasteiger charge is 2.02. The van der Waals surface area contributed by atoms with Crippen molar-refractivity contribution in [3.63, 3.8) is 0 Å². The van der Waals surface area contributed by atoms with Crippen LogP contribution >= 0.6 is 0 Å². The molecule has 0 unspecified atom stereocenters. The lowest BCUT2D eigenvalue weighted by atomic mass is 10.1. The fourth-order valence-electron chi connectivity index (χ4n) is 3.25. The average molecular weight is 511 g/mol. The lowest BCUT2D eigenvalue weighted by molar-refractivity contribution is -0.145. The Labute approximate surface area is 216 Å². The van der Waals surface area contributed by atoms with E-state index in [2.05, 4.69) is 0 Å². The van der Waals surface area contributed by atoms with Crippen LogP contribution in [0.1, 0.15) is 78.1 Å². The summed E-state index contributed by atoms with van der Waals surface area (Å²) in [5.74, 6) is 1.28. The number of carbonyl (C=O) groups excluding carboxylic acids is 2. The van der Waals surface area contributed by atoms with Crippen molar-refractivity contribution < 1.29 is 38.0 Å². The Morgan fingerprint density at radius 2 is 1.06 bits per heavy atom. The normalized spacial score (nSPS) is 10.7. The van der Waals surface area contributed by atoms with Gasteiger partial charge in [-0.25, -0.2) is 0 Å². The molecule has 0 aliphatic heterocycles. The first-order chi connectivity index (χ1) is 17.7. The molecule has 0 atom stereocenters. The molecule has 206 valence electrons. The van der Waals surface area contributed by atoms with Crippen LogP contribution in [0.4, 0.5) is 0 Å². The first-order valence-corrected chi connectivity index (χ1v) is 13.5. The fourth-order valence-corrected chi connectivity index (χ4v) is 3.25. The molecular weight excluding hydrogens is 464 g/mol. The fraction of sp³-hybridized carbons (Fsp3) is 0.714. The molecule has 0 radical (unpaired) electrons. The van der Waals surface area contributed by atoms with E-state index in [1.165, 1.54) is 0 Å². The van der Waals surface area contributed by atoms with Gasteiger partial charge < -0.3 is 28.4 Å². The molecule has 0 heterocycles. The van der Waals surface area contributed by atoms with E-state index in [-0.39, 0.29) is 18.5 Å². The van der Waals surface area contributed by atoms with E-state index >= 15 is 0 Å². The lowest BCUT2D eigenvalue weighted by Crippen LogP contribution is -2.14. The molecule has 0 fully saturated rings. The van der Waals surface area contributed by atoms with Gasteiger partial charge in [-0.1, -0.05) is 45.6 Å².